The van der Waals surface area contributed by atoms with E-state index in [-0.39, 0.29) is 0 Å². The van der Waals surface area contributed by atoms with E-state index in [4.69, 9.17) is 4.74 Å². The highest BCUT2D eigenvalue weighted by molar-refractivity contribution is 7.95. The van der Waals surface area contributed by atoms with Gasteiger partial charge in [0.2, 0.25) is 0 Å². The van der Waals surface area contributed by atoms with E-state index in [0.717, 1.165) is 34.5 Å². The van der Waals surface area contributed by atoms with Crippen molar-refractivity contribution < 1.29 is 9.29 Å². The van der Waals surface area contributed by atoms with E-state index in [1.807, 2.05) is 84.9 Å². The van der Waals surface area contributed by atoms with Gasteiger partial charge in [0.15, 0.2) is 0 Å². The monoisotopic (exact) mass is 322 g/mol. The third kappa shape index (κ3) is 2.85. The van der Waals surface area contributed by atoms with E-state index in [1.165, 1.54) is 0 Å². The Morgan fingerprint density at radius 1 is 0.696 bits per heavy atom. The highest BCUT2D eigenvalue weighted by Crippen LogP contribution is 2.47. The summed E-state index contributed by atoms with van der Waals surface area (Å²) in [4.78, 5) is 0. The second-order valence-electron chi connectivity index (χ2n) is 5.23. The van der Waals surface area contributed by atoms with Crippen LogP contribution in [0, 0.1) is 0 Å². The summed E-state index contributed by atoms with van der Waals surface area (Å²) < 4.78 is 14.9. The van der Waals surface area contributed by atoms with Gasteiger partial charge in [0.1, 0.15) is 10.5 Å². The molecule has 23 heavy (non-hydrogen) atoms. The molecule has 0 atom stereocenters. The van der Waals surface area contributed by atoms with Crippen LogP contribution in [0.5, 0.6) is 5.75 Å². The Hall–Kier alpha value is -2.23. The van der Waals surface area contributed by atoms with Crippen LogP contribution in [0.4, 0.5) is 0 Å². The van der Waals surface area contributed by atoms with Crippen molar-refractivity contribution in [3.63, 3.8) is 0 Å². The molecular weight excluding hydrogens is 304 g/mol. The molecule has 0 aliphatic heterocycles. The van der Waals surface area contributed by atoms with Crippen molar-refractivity contribution in [2.75, 3.05) is 7.11 Å². The van der Waals surface area contributed by atoms with E-state index < -0.39 is 4.75 Å². The van der Waals surface area contributed by atoms with Crippen LogP contribution in [0.1, 0.15) is 16.7 Å². The molecule has 0 aliphatic rings. The molecule has 0 aromatic heterocycles. The molecule has 3 heteroatoms. The lowest BCUT2D eigenvalue weighted by atomic mass is 9.84. The van der Waals surface area contributed by atoms with Crippen LogP contribution in [0.2, 0.25) is 0 Å². The molecule has 0 radical (unpaired) electrons. The molecule has 1 N–H and O–H groups in total. The smallest absolute Gasteiger partial charge is 0.118 e. The van der Waals surface area contributed by atoms with Crippen LogP contribution in [0.15, 0.2) is 84.9 Å². The van der Waals surface area contributed by atoms with Crippen molar-refractivity contribution >= 4 is 12.0 Å². The molecule has 0 spiro atoms. The molecule has 3 aromatic rings. The first-order chi connectivity index (χ1) is 11.3. The lowest BCUT2D eigenvalue weighted by Crippen LogP contribution is -2.25. The summed E-state index contributed by atoms with van der Waals surface area (Å²) in [6.07, 6.45) is 0. The Balaban J connectivity index is 2.24. The van der Waals surface area contributed by atoms with Gasteiger partial charge < -0.3 is 9.29 Å². The Labute approximate surface area is 141 Å². The van der Waals surface area contributed by atoms with Crippen molar-refractivity contribution in [3.05, 3.63) is 102 Å². The number of hydrogen-bond donors (Lipinski definition) is 1. The van der Waals surface area contributed by atoms with Gasteiger partial charge >= 0.3 is 0 Å². The standard InChI is InChI=1S/C20H18O2S/c1-22-19-14-12-18(13-15-19)20(23-21,16-8-4-2-5-9-16)17-10-6-3-7-11-17/h2-15,21H,1H3. The number of rotatable bonds is 5. The van der Waals surface area contributed by atoms with Gasteiger partial charge in [-0.15, -0.1) is 0 Å². The second kappa shape index (κ2) is 6.90. The van der Waals surface area contributed by atoms with Gasteiger partial charge in [0.05, 0.1) is 7.11 Å². The van der Waals surface area contributed by atoms with Crippen molar-refractivity contribution in [1.29, 1.82) is 0 Å². The van der Waals surface area contributed by atoms with Crippen LogP contribution in [0.3, 0.4) is 0 Å². The average molecular weight is 322 g/mol. The molecule has 0 bridgehead atoms. The van der Waals surface area contributed by atoms with Crippen LogP contribution >= 0.6 is 12.0 Å². The summed E-state index contributed by atoms with van der Waals surface area (Å²) in [5, 5.41) is 0. The molecule has 0 heterocycles. The first-order valence-corrected chi connectivity index (χ1v) is 8.17. The number of benzene rings is 3. The predicted molar refractivity (Wildman–Crippen MR) is 96.0 cm³/mol. The predicted octanol–water partition coefficient (Wildman–Crippen LogP) is 5.19. The highest BCUT2D eigenvalue weighted by atomic mass is 32.2. The highest BCUT2D eigenvalue weighted by Gasteiger charge is 2.37. The van der Waals surface area contributed by atoms with E-state index in [2.05, 4.69) is 0 Å². The Morgan fingerprint density at radius 3 is 1.52 bits per heavy atom. The quantitative estimate of drug-likeness (QED) is 0.517. The number of hydrogen-bond acceptors (Lipinski definition) is 3. The summed E-state index contributed by atoms with van der Waals surface area (Å²) in [6.45, 7) is 0. The van der Waals surface area contributed by atoms with Gasteiger partial charge in [-0.2, -0.15) is 0 Å². The maximum absolute atomic E-state index is 10.3. The normalized spacial score (nSPS) is 11.2. The fourth-order valence-corrected chi connectivity index (χ4v) is 3.55. The summed E-state index contributed by atoms with van der Waals surface area (Å²) in [5.74, 6) is 0.798. The zero-order valence-electron chi connectivity index (χ0n) is 12.8. The molecular formula is C20H18O2S. The summed E-state index contributed by atoms with van der Waals surface area (Å²) >= 11 is 0.849. The molecule has 0 amide bonds. The van der Waals surface area contributed by atoms with Gasteiger partial charge in [-0.1, -0.05) is 72.8 Å². The van der Waals surface area contributed by atoms with Crippen molar-refractivity contribution in [2.24, 2.45) is 0 Å². The molecule has 0 saturated heterocycles. The minimum absolute atomic E-state index is 0.672. The van der Waals surface area contributed by atoms with E-state index in [9.17, 15) is 4.55 Å². The zero-order valence-corrected chi connectivity index (χ0v) is 13.7. The largest absolute Gasteiger partial charge is 0.497 e. The zero-order chi connectivity index (χ0) is 16.1. The van der Waals surface area contributed by atoms with Gasteiger partial charge in [0.25, 0.3) is 0 Å². The molecule has 3 aromatic carbocycles. The summed E-state index contributed by atoms with van der Waals surface area (Å²) in [6, 6.07) is 28.0. The minimum Gasteiger partial charge on any atom is -0.497 e. The molecule has 0 unspecified atom stereocenters. The minimum atomic E-state index is -0.672. The Morgan fingerprint density at radius 2 is 1.13 bits per heavy atom. The fraction of sp³-hybridized carbons (Fsp3) is 0.100. The third-order valence-electron chi connectivity index (χ3n) is 3.99. The van der Waals surface area contributed by atoms with Crippen LogP contribution in [-0.2, 0) is 4.75 Å². The van der Waals surface area contributed by atoms with Crippen LogP contribution < -0.4 is 4.74 Å². The Kier molecular flexibility index (Phi) is 4.70. The Bertz CT molecular complexity index is 700. The average Bonchev–Trinajstić information content (AvgIpc) is 2.65. The van der Waals surface area contributed by atoms with Gasteiger partial charge in [-0.05, 0) is 28.8 Å². The lowest BCUT2D eigenvalue weighted by Gasteiger charge is -2.32. The fourth-order valence-electron chi connectivity index (χ4n) is 2.83. The van der Waals surface area contributed by atoms with Gasteiger partial charge in [0, 0.05) is 12.0 Å². The molecule has 2 nitrogen and oxygen atoms in total. The molecule has 3 rings (SSSR count). The molecule has 0 fully saturated rings. The summed E-state index contributed by atoms with van der Waals surface area (Å²) in [7, 11) is 1.65. The summed E-state index contributed by atoms with van der Waals surface area (Å²) in [5.41, 5.74) is 3.07. The third-order valence-corrected chi connectivity index (χ3v) is 4.98. The van der Waals surface area contributed by atoms with E-state index >= 15 is 0 Å². The number of methoxy groups -OCH3 is 1. The molecule has 116 valence electrons. The van der Waals surface area contributed by atoms with Crippen molar-refractivity contribution in [3.8, 4) is 5.75 Å². The maximum atomic E-state index is 10.3. The van der Waals surface area contributed by atoms with Crippen LogP contribution in [0.25, 0.3) is 0 Å². The van der Waals surface area contributed by atoms with E-state index in [0.29, 0.717) is 0 Å². The SMILES string of the molecule is COc1ccc(C(SO)(c2ccccc2)c2ccccc2)cc1. The van der Waals surface area contributed by atoms with Crippen LogP contribution in [-0.4, -0.2) is 11.7 Å². The van der Waals surface area contributed by atoms with Gasteiger partial charge in [-0.25, -0.2) is 0 Å². The van der Waals surface area contributed by atoms with E-state index in [1.54, 1.807) is 7.11 Å². The molecule has 0 aliphatic carbocycles. The first-order valence-electron chi connectivity index (χ1n) is 7.39. The van der Waals surface area contributed by atoms with Crippen molar-refractivity contribution in [1.82, 2.24) is 0 Å². The lowest BCUT2D eigenvalue weighted by molar-refractivity contribution is 0.414. The maximum Gasteiger partial charge on any atom is 0.118 e. The topological polar surface area (TPSA) is 29.5 Å². The van der Waals surface area contributed by atoms with Crippen molar-refractivity contribution in [2.45, 2.75) is 4.75 Å². The molecule has 0 saturated carbocycles. The first kappa shape index (κ1) is 15.7. The van der Waals surface area contributed by atoms with Gasteiger partial charge in [-0.3, -0.25) is 0 Å². The number of ether oxygens (including phenoxy) is 1. The second-order valence-corrected chi connectivity index (χ2v) is 6.03.